The van der Waals surface area contributed by atoms with Gasteiger partial charge in [-0.15, -0.1) is 11.3 Å². The molecule has 7 nitrogen and oxygen atoms in total. The summed E-state index contributed by atoms with van der Waals surface area (Å²) in [7, 11) is 0. The van der Waals surface area contributed by atoms with E-state index in [1.54, 1.807) is 17.7 Å². The first-order chi connectivity index (χ1) is 14.4. The van der Waals surface area contributed by atoms with Crippen LogP contribution in [0.2, 0.25) is 0 Å². The number of ether oxygens (including phenoxy) is 3. The van der Waals surface area contributed by atoms with Crippen LogP contribution in [0.1, 0.15) is 38.8 Å². The molecule has 3 aromatic rings. The lowest BCUT2D eigenvalue weighted by atomic mass is 9.90. The van der Waals surface area contributed by atoms with Crippen LogP contribution in [0.15, 0.2) is 6.33 Å². The average Bonchev–Trinajstić information content (AvgIpc) is 3.11. The van der Waals surface area contributed by atoms with Crippen molar-refractivity contribution in [2.45, 2.75) is 46.3 Å². The lowest BCUT2D eigenvalue weighted by Gasteiger charge is -2.36. The SMILES string of the molecule is CC(C)COc1ncnc2c1sc1nc(N3CCOCC3)c3c(c12)CC(C)(C)OC3. The zero-order valence-corrected chi connectivity index (χ0v) is 18.8. The largest absolute Gasteiger partial charge is 0.476 e. The van der Waals surface area contributed by atoms with Crippen molar-refractivity contribution in [3.63, 3.8) is 0 Å². The van der Waals surface area contributed by atoms with Gasteiger partial charge in [0, 0.05) is 30.5 Å². The Morgan fingerprint density at radius 2 is 2.00 bits per heavy atom. The number of anilines is 1. The molecule has 0 aromatic carbocycles. The first kappa shape index (κ1) is 19.9. The van der Waals surface area contributed by atoms with Gasteiger partial charge < -0.3 is 19.1 Å². The Hall–Kier alpha value is -2.03. The summed E-state index contributed by atoms with van der Waals surface area (Å²) in [5.74, 6) is 2.12. The summed E-state index contributed by atoms with van der Waals surface area (Å²) in [6.45, 7) is 12.9. The molecule has 0 bridgehead atoms. The number of nitrogens with zero attached hydrogens (tertiary/aromatic N) is 4. The first-order valence-electron chi connectivity index (χ1n) is 10.6. The number of rotatable bonds is 4. The summed E-state index contributed by atoms with van der Waals surface area (Å²) in [6.07, 6.45) is 2.44. The van der Waals surface area contributed by atoms with E-state index < -0.39 is 0 Å². The molecule has 5 rings (SSSR count). The maximum Gasteiger partial charge on any atom is 0.234 e. The van der Waals surface area contributed by atoms with Crippen LogP contribution in [0.3, 0.4) is 0 Å². The molecule has 160 valence electrons. The molecule has 1 saturated heterocycles. The first-order valence-corrected chi connectivity index (χ1v) is 11.4. The van der Waals surface area contributed by atoms with Crippen molar-refractivity contribution in [1.29, 1.82) is 0 Å². The number of fused-ring (bicyclic) bond motifs is 5. The molecule has 30 heavy (non-hydrogen) atoms. The minimum absolute atomic E-state index is 0.220. The van der Waals surface area contributed by atoms with E-state index in [0.717, 1.165) is 59.0 Å². The molecular weight excluding hydrogens is 400 g/mol. The minimum Gasteiger partial charge on any atom is -0.476 e. The normalized spacial score (nSPS) is 18.9. The summed E-state index contributed by atoms with van der Waals surface area (Å²) in [6, 6.07) is 0. The Morgan fingerprint density at radius 3 is 2.77 bits per heavy atom. The minimum atomic E-state index is -0.220. The second-order valence-electron chi connectivity index (χ2n) is 9.06. The van der Waals surface area contributed by atoms with Gasteiger partial charge in [-0.3, -0.25) is 0 Å². The topological polar surface area (TPSA) is 69.6 Å². The predicted octanol–water partition coefficient (Wildman–Crippen LogP) is 3.96. The molecule has 0 spiro atoms. The van der Waals surface area contributed by atoms with Crippen molar-refractivity contribution in [3.8, 4) is 5.88 Å². The average molecular weight is 429 g/mol. The van der Waals surface area contributed by atoms with Gasteiger partial charge in [0.25, 0.3) is 0 Å². The summed E-state index contributed by atoms with van der Waals surface area (Å²) in [4.78, 5) is 17.5. The molecule has 2 aliphatic rings. The fraction of sp³-hybridized carbons (Fsp3) is 0.591. The maximum absolute atomic E-state index is 6.20. The molecular formula is C22H28N4O3S. The molecule has 3 aromatic heterocycles. The second-order valence-corrected chi connectivity index (χ2v) is 10.1. The van der Waals surface area contributed by atoms with Crippen LogP contribution in [0.5, 0.6) is 5.88 Å². The summed E-state index contributed by atoms with van der Waals surface area (Å²) >= 11 is 1.63. The zero-order chi connectivity index (χ0) is 20.9. The van der Waals surface area contributed by atoms with E-state index in [0.29, 0.717) is 25.0 Å². The number of thiophene rings is 1. The third kappa shape index (κ3) is 3.50. The molecule has 1 fully saturated rings. The van der Waals surface area contributed by atoms with Crippen molar-refractivity contribution in [2.24, 2.45) is 5.92 Å². The van der Waals surface area contributed by atoms with Crippen molar-refractivity contribution in [3.05, 3.63) is 17.5 Å². The summed E-state index contributed by atoms with van der Waals surface area (Å²) in [5, 5.41) is 1.13. The quantitative estimate of drug-likeness (QED) is 0.623. The van der Waals surface area contributed by atoms with E-state index in [9.17, 15) is 0 Å². The highest BCUT2D eigenvalue weighted by molar-refractivity contribution is 7.25. The predicted molar refractivity (Wildman–Crippen MR) is 119 cm³/mol. The number of hydrogen-bond donors (Lipinski definition) is 0. The van der Waals surface area contributed by atoms with Crippen LogP contribution in [0.4, 0.5) is 5.82 Å². The van der Waals surface area contributed by atoms with Gasteiger partial charge in [-0.2, -0.15) is 0 Å². The van der Waals surface area contributed by atoms with Gasteiger partial charge in [-0.25, -0.2) is 15.0 Å². The number of hydrogen-bond acceptors (Lipinski definition) is 8. The molecule has 0 amide bonds. The van der Waals surface area contributed by atoms with Gasteiger partial charge in [-0.05, 0) is 25.3 Å². The molecule has 0 radical (unpaired) electrons. The Bertz CT molecular complexity index is 1090. The number of morpholine rings is 1. The van der Waals surface area contributed by atoms with Crippen LogP contribution >= 0.6 is 11.3 Å². The summed E-state index contributed by atoms with van der Waals surface area (Å²) < 4.78 is 18.8. The molecule has 0 saturated carbocycles. The van der Waals surface area contributed by atoms with Crippen LogP contribution in [-0.4, -0.2) is 53.5 Å². The van der Waals surface area contributed by atoms with Gasteiger partial charge in [0.2, 0.25) is 5.88 Å². The molecule has 5 heterocycles. The summed E-state index contributed by atoms with van der Waals surface area (Å²) in [5.41, 5.74) is 3.21. The van der Waals surface area contributed by atoms with E-state index in [1.165, 1.54) is 11.1 Å². The molecule has 2 aliphatic heterocycles. The molecule has 0 N–H and O–H groups in total. The highest BCUT2D eigenvalue weighted by atomic mass is 32.1. The van der Waals surface area contributed by atoms with Gasteiger partial charge in [-0.1, -0.05) is 13.8 Å². The van der Waals surface area contributed by atoms with E-state index in [2.05, 4.69) is 42.6 Å². The Morgan fingerprint density at radius 1 is 1.20 bits per heavy atom. The van der Waals surface area contributed by atoms with Crippen molar-refractivity contribution in [1.82, 2.24) is 15.0 Å². The van der Waals surface area contributed by atoms with Crippen molar-refractivity contribution < 1.29 is 14.2 Å². The van der Waals surface area contributed by atoms with Crippen molar-refractivity contribution >= 4 is 37.6 Å². The lowest BCUT2D eigenvalue weighted by molar-refractivity contribution is -0.0396. The lowest BCUT2D eigenvalue weighted by Crippen LogP contribution is -2.39. The monoisotopic (exact) mass is 428 g/mol. The Labute approximate surface area is 180 Å². The van der Waals surface area contributed by atoms with E-state index in [1.807, 2.05) is 0 Å². The van der Waals surface area contributed by atoms with Gasteiger partial charge in [0.05, 0.1) is 37.5 Å². The number of aromatic nitrogens is 3. The third-order valence-electron chi connectivity index (χ3n) is 5.64. The van der Waals surface area contributed by atoms with Crippen LogP contribution in [0, 0.1) is 5.92 Å². The van der Waals surface area contributed by atoms with Crippen LogP contribution < -0.4 is 9.64 Å². The molecule has 0 aliphatic carbocycles. The standard InChI is InChI=1S/C22H28N4O3S/c1-13(2)10-28-20-18-17(23-12-24-20)16-14-9-22(3,4)29-11-15(14)19(25-21(16)30-18)26-5-7-27-8-6-26/h12-13H,5-11H2,1-4H3. The van der Waals surface area contributed by atoms with Crippen molar-refractivity contribution in [2.75, 3.05) is 37.8 Å². The molecule has 8 heteroatoms. The molecule has 0 unspecified atom stereocenters. The van der Waals surface area contributed by atoms with Gasteiger partial charge in [0.15, 0.2) is 0 Å². The smallest absolute Gasteiger partial charge is 0.234 e. The Kier molecular flexibility index (Phi) is 5.03. The number of pyridine rings is 1. The van der Waals surface area contributed by atoms with E-state index >= 15 is 0 Å². The fourth-order valence-electron chi connectivity index (χ4n) is 4.15. The highest BCUT2D eigenvalue weighted by Gasteiger charge is 2.33. The van der Waals surface area contributed by atoms with Gasteiger partial charge in [0.1, 0.15) is 21.7 Å². The van der Waals surface area contributed by atoms with Crippen LogP contribution in [-0.2, 0) is 22.5 Å². The van der Waals surface area contributed by atoms with Gasteiger partial charge >= 0.3 is 0 Å². The van der Waals surface area contributed by atoms with E-state index in [4.69, 9.17) is 19.2 Å². The second kappa shape index (κ2) is 7.59. The zero-order valence-electron chi connectivity index (χ0n) is 18.0. The highest BCUT2D eigenvalue weighted by Crippen LogP contribution is 2.44. The Balaban J connectivity index is 1.72. The van der Waals surface area contributed by atoms with Crippen LogP contribution in [0.25, 0.3) is 20.4 Å². The molecule has 0 atom stereocenters. The maximum atomic E-state index is 6.20. The fourth-order valence-corrected chi connectivity index (χ4v) is 5.25. The van der Waals surface area contributed by atoms with E-state index in [-0.39, 0.29) is 5.60 Å². The third-order valence-corrected chi connectivity index (χ3v) is 6.70.